The Balaban J connectivity index is 1.96. The van der Waals surface area contributed by atoms with E-state index in [9.17, 15) is 4.79 Å². The maximum Gasteiger partial charge on any atom is 0.263 e. The summed E-state index contributed by atoms with van der Waals surface area (Å²) in [5.41, 5.74) is 1.59. The molecule has 5 nitrogen and oxygen atoms in total. The molecule has 0 aliphatic carbocycles. The summed E-state index contributed by atoms with van der Waals surface area (Å²) in [6.45, 7) is 7.39. The lowest BCUT2D eigenvalue weighted by Crippen LogP contribution is -2.23. The Morgan fingerprint density at radius 1 is 1.38 bits per heavy atom. The van der Waals surface area contributed by atoms with E-state index in [4.69, 9.17) is 0 Å². The average Bonchev–Trinajstić information content (AvgIpc) is 2.85. The second-order valence-electron chi connectivity index (χ2n) is 5.21. The van der Waals surface area contributed by atoms with Crippen LogP contribution in [0.25, 0.3) is 0 Å². The molecule has 6 heteroatoms. The van der Waals surface area contributed by atoms with Crippen LogP contribution >= 0.6 is 11.3 Å². The van der Waals surface area contributed by atoms with Crippen LogP contribution in [0.15, 0.2) is 24.4 Å². The van der Waals surface area contributed by atoms with Gasteiger partial charge in [0.1, 0.15) is 4.88 Å². The molecule has 112 valence electrons. The molecule has 0 fully saturated rings. The minimum Gasteiger partial charge on any atom is -0.361 e. The van der Waals surface area contributed by atoms with E-state index < -0.39 is 0 Å². The molecule has 0 bridgehead atoms. The third kappa shape index (κ3) is 4.53. The van der Waals surface area contributed by atoms with Crippen LogP contribution in [0.2, 0.25) is 0 Å². The molecule has 2 heterocycles. The number of carbonyl (C=O) groups is 1. The Bertz CT molecular complexity index is 595. The first-order valence-corrected chi connectivity index (χ1v) is 7.77. The highest BCUT2D eigenvalue weighted by Gasteiger charge is 2.15. The van der Waals surface area contributed by atoms with Crippen LogP contribution in [0.4, 0.5) is 5.13 Å². The van der Waals surface area contributed by atoms with Crippen LogP contribution in [0.3, 0.4) is 0 Å². The number of amides is 1. The summed E-state index contributed by atoms with van der Waals surface area (Å²) >= 11 is 1.39. The predicted molar refractivity (Wildman–Crippen MR) is 85.6 cm³/mol. The number of nitrogens with one attached hydrogen (secondary N) is 2. The molecule has 21 heavy (non-hydrogen) atoms. The standard InChI is InChI=1S/C15H20N4OS/c1-10(2)8-18-15-19-11(3)13(21-15)14(20)17-9-12-6-4-5-7-16-12/h4-7,10H,8-9H2,1-3H3,(H,17,20)(H,18,19). The van der Waals surface area contributed by atoms with Crippen molar-refractivity contribution in [2.45, 2.75) is 27.3 Å². The highest BCUT2D eigenvalue weighted by atomic mass is 32.1. The molecule has 0 aliphatic rings. The molecule has 2 rings (SSSR count). The number of aromatic nitrogens is 2. The lowest BCUT2D eigenvalue weighted by atomic mass is 10.2. The van der Waals surface area contributed by atoms with Gasteiger partial charge in [-0.25, -0.2) is 4.98 Å². The van der Waals surface area contributed by atoms with Gasteiger partial charge in [-0.3, -0.25) is 9.78 Å². The highest BCUT2D eigenvalue weighted by Crippen LogP contribution is 2.22. The van der Waals surface area contributed by atoms with Crippen molar-refractivity contribution in [1.29, 1.82) is 0 Å². The Hall–Kier alpha value is -1.95. The number of rotatable bonds is 6. The van der Waals surface area contributed by atoms with E-state index >= 15 is 0 Å². The van der Waals surface area contributed by atoms with Gasteiger partial charge in [-0.1, -0.05) is 31.3 Å². The van der Waals surface area contributed by atoms with Crippen LogP contribution in [0, 0.1) is 12.8 Å². The molecule has 2 N–H and O–H groups in total. The molecule has 0 saturated heterocycles. The summed E-state index contributed by atoms with van der Waals surface area (Å²) < 4.78 is 0. The summed E-state index contributed by atoms with van der Waals surface area (Å²) in [6, 6.07) is 5.64. The first-order chi connectivity index (χ1) is 10.1. The number of hydrogen-bond donors (Lipinski definition) is 2. The molecule has 0 saturated carbocycles. The van der Waals surface area contributed by atoms with Crippen LogP contribution in [0.5, 0.6) is 0 Å². The van der Waals surface area contributed by atoms with E-state index in [1.807, 2.05) is 25.1 Å². The maximum atomic E-state index is 12.2. The molecule has 0 unspecified atom stereocenters. The fourth-order valence-electron chi connectivity index (χ4n) is 1.73. The molecular formula is C15H20N4OS. The fraction of sp³-hybridized carbons (Fsp3) is 0.400. The van der Waals surface area contributed by atoms with Crippen molar-refractivity contribution in [3.8, 4) is 0 Å². The summed E-state index contributed by atoms with van der Waals surface area (Å²) in [5.74, 6) is 0.434. The molecule has 1 amide bonds. The van der Waals surface area contributed by atoms with Gasteiger partial charge in [0.15, 0.2) is 5.13 Å². The normalized spacial score (nSPS) is 10.7. The number of nitrogens with zero attached hydrogens (tertiary/aromatic N) is 2. The highest BCUT2D eigenvalue weighted by molar-refractivity contribution is 7.17. The first kappa shape index (κ1) is 15.4. The quantitative estimate of drug-likeness (QED) is 0.861. The van der Waals surface area contributed by atoms with Gasteiger partial charge < -0.3 is 10.6 Å². The van der Waals surface area contributed by atoms with E-state index in [1.54, 1.807) is 6.20 Å². The third-order valence-corrected chi connectivity index (χ3v) is 3.93. The van der Waals surface area contributed by atoms with E-state index in [0.29, 0.717) is 17.3 Å². The topological polar surface area (TPSA) is 66.9 Å². The van der Waals surface area contributed by atoms with E-state index in [2.05, 4.69) is 34.4 Å². The number of hydrogen-bond acceptors (Lipinski definition) is 5. The second kappa shape index (κ2) is 7.17. The number of carbonyl (C=O) groups excluding carboxylic acids is 1. The third-order valence-electron chi connectivity index (χ3n) is 2.82. The Labute approximate surface area is 128 Å². The predicted octanol–water partition coefficient (Wildman–Crippen LogP) is 2.84. The van der Waals surface area contributed by atoms with Crippen molar-refractivity contribution in [3.63, 3.8) is 0 Å². The zero-order valence-electron chi connectivity index (χ0n) is 12.5. The molecule has 2 aromatic rings. The summed E-state index contributed by atoms with van der Waals surface area (Å²) in [5, 5.41) is 6.92. The van der Waals surface area contributed by atoms with E-state index in [0.717, 1.165) is 23.1 Å². The molecule has 0 radical (unpaired) electrons. The molecule has 0 aliphatic heterocycles. The van der Waals surface area contributed by atoms with Crippen LogP contribution in [0.1, 0.15) is 34.9 Å². The van der Waals surface area contributed by atoms with Crippen molar-refractivity contribution in [3.05, 3.63) is 40.7 Å². The van der Waals surface area contributed by atoms with Crippen molar-refractivity contribution >= 4 is 22.4 Å². The molecule has 0 spiro atoms. The summed E-state index contributed by atoms with van der Waals surface area (Å²) in [7, 11) is 0. The number of aryl methyl sites for hydroxylation is 1. The minimum atomic E-state index is -0.103. The van der Waals surface area contributed by atoms with Crippen molar-refractivity contribution < 1.29 is 4.79 Å². The van der Waals surface area contributed by atoms with Gasteiger partial charge in [0.05, 0.1) is 17.9 Å². The van der Waals surface area contributed by atoms with Crippen molar-refractivity contribution in [2.24, 2.45) is 5.92 Å². The fourth-order valence-corrected chi connectivity index (χ4v) is 2.62. The van der Waals surface area contributed by atoms with E-state index in [1.165, 1.54) is 11.3 Å². The van der Waals surface area contributed by atoms with Gasteiger partial charge in [-0.15, -0.1) is 0 Å². The molecule has 0 atom stereocenters. The van der Waals surface area contributed by atoms with Gasteiger partial charge in [0.25, 0.3) is 5.91 Å². The Morgan fingerprint density at radius 3 is 2.86 bits per heavy atom. The van der Waals surface area contributed by atoms with E-state index in [-0.39, 0.29) is 5.91 Å². The number of anilines is 1. The average molecular weight is 304 g/mol. The summed E-state index contributed by atoms with van der Waals surface area (Å²) in [6.07, 6.45) is 1.72. The molecule has 0 aromatic carbocycles. The minimum absolute atomic E-state index is 0.103. The van der Waals surface area contributed by atoms with Crippen LogP contribution in [-0.4, -0.2) is 22.4 Å². The summed E-state index contributed by atoms with van der Waals surface area (Å²) in [4.78, 5) is 21.4. The van der Waals surface area contributed by atoms with Gasteiger partial charge in [0.2, 0.25) is 0 Å². The smallest absolute Gasteiger partial charge is 0.263 e. The lowest BCUT2D eigenvalue weighted by molar-refractivity contribution is 0.0953. The zero-order valence-corrected chi connectivity index (χ0v) is 13.3. The first-order valence-electron chi connectivity index (χ1n) is 6.95. The Kier molecular flexibility index (Phi) is 5.27. The monoisotopic (exact) mass is 304 g/mol. The van der Waals surface area contributed by atoms with Crippen molar-refractivity contribution in [1.82, 2.24) is 15.3 Å². The van der Waals surface area contributed by atoms with Crippen LogP contribution in [-0.2, 0) is 6.54 Å². The Morgan fingerprint density at radius 2 is 2.19 bits per heavy atom. The SMILES string of the molecule is Cc1nc(NCC(C)C)sc1C(=O)NCc1ccccn1. The lowest BCUT2D eigenvalue weighted by Gasteiger charge is -2.04. The zero-order chi connectivity index (χ0) is 15.2. The van der Waals surface area contributed by atoms with Crippen LogP contribution < -0.4 is 10.6 Å². The number of thiazole rings is 1. The van der Waals surface area contributed by atoms with Gasteiger partial charge >= 0.3 is 0 Å². The van der Waals surface area contributed by atoms with Gasteiger partial charge in [0, 0.05) is 12.7 Å². The largest absolute Gasteiger partial charge is 0.361 e. The maximum absolute atomic E-state index is 12.2. The van der Waals surface area contributed by atoms with Crippen molar-refractivity contribution in [2.75, 3.05) is 11.9 Å². The second-order valence-corrected chi connectivity index (χ2v) is 6.21. The number of pyridine rings is 1. The molecular weight excluding hydrogens is 284 g/mol. The van der Waals surface area contributed by atoms with Gasteiger partial charge in [-0.05, 0) is 25.0 Å². The molecule has 2 aromatic heterocycles. The van der Waals surface area contributed by atoms with Gasteiger partial charge in [-0.2, -0.15) is 0 Å².